The molecule has 4 rings (SSSR count). The number of fused-ring (bicyclic) bond motifs is 1. The molecule has 2 aromatic carbocycles. The third-order valence-electron chi connectivity index (χ3n) is 4.53. The number of alkyl halides is 3. The highest BCUT2D eigenvalue weighted by molar-refractivity contribution is 8.41. The van der Waals surface area contributed by atoms with E-state index in [9.17, 15) is 18.0 Å². The summed E-state index contributed by atoms with van der Waals surface area (Å²) in [6.07, 6.45) is -1.15. The van der Waals surface area contributed by atoms with Crippen molar-refractivity contribution in [2.75, 3.05) is 5.75 Å². The highest BCUT2D eigenvalue weighted by Gasteiger charge is 2.33. The molecule has 3 aromatic rings. The van der Waals surface area contributed by atoms with Crippen LogP contribution in [-0.2, 0) is 17.5 Å². The second kappa shape index (κ2) is 8.72. The number of aliphatic imine (C=N–C) groups is 1. The summed E-state index contributed by atoms with van der Waals surface area (Å²) in [4.78, 5) is 16.6. The monoisotopic (exact) mass is 481 g/mol. The maximum absolute atomic E-state index is 13.4. The van der Waals surface area contributed by atoms with Crippen LogP contribution >= 0.6 is 35.1 Å². The van der Waals surface area contributed by atoms with Crippen LogP contribution in [-0.4, -0.2) is 25.8 Å². The molecule has 10 heteroatoms. The Labute approximate surface area is 189 Å². The van der Waals surface area contributed by atoms with Gasteiger partial charge in [-0.15, -0.1) is 0 Å². The van der Waals surface area contributed by atoms with Crippen molar-refractivity contribution in [1.29, 1.82) is 0 Å². The summed E-state index contributed by atoms with van der Waals surface area (Å²) in [5, 5.41) is 5.05. The van der Waals surface area contributed by atoms with Gasteiger partial charge in [-0.1, -0.05) is 54.2 Å². The second-order valence-electron chi connectivity index (χ2n) is 6.65. The van der Waals surface area contributed by atoms with E-state index in [1.165, 1.54) is 40.3 Å². The highest BCUT2D eigenvalue weighted by Crippen LogP contribution is 2.35. The molecule has 0 fully saturated rings. The van der Waals surface area contributed by atoms with Crippen molar-refractivity contribution in [3.8, 4) is 0 Å². The molecule has 160 valence electrons. The largest absolute Gasteiger partial charge is 0.416 e. The average Bonchev–Trinajstić information content (AvgIpc) is 3.25. The van der Waals surface area contributed by atoms with Crippen LogP contribution in [0.25, 0.3) is 17.0 Å². The van der Waals surface area contributed by atoms with Gasteiger partial charge in [-0.05, 0) is 47.2 Å². The van der Waals surface area contributed by atoms with Crippen LogP contribution in [0.4, 0.5) is 13.2 Å². The molecule has 0 saturated heterocycles. The number of hydrogen-bond donors (Lipinski definition) is 0. The Bertz CT molecular complexity index is 1230. The van der Waals surface area contributed by atoms with Crippen LogP contribution in [0.2, 0.25) is 5.02 Å². The summed E-state index contributed by atoms with van der Waals surface area (Å²) in [5.74, 6) is 0.570. The minimum absolute atomic E-state index is 0.0304. The maximum atomic E-state index is 13.4. The molecule has 0 unspecified atom stereocenters. The van der Waals surface area contributed by atoms with Gasteiger partial charge in [0, 0.05) is 10.4 Å². The molecular weight excluding hydrogens is 467 g/mol. The Kier molecular flexibility index (Phi) is 6.18. The summed E-state index contributed by atoms with van der Waals surface area (Å²) < 4.78 is 42.4. The number of hydrogen-bond acceptors (Lipinski definition) is 4. The van der Waals surface area contributed by atoms with E-state index in [0.717, 1.165) is 27.1 Å². The molecule has 31 heavy (non-hydrogen) atoms. The summed E-state index contributed by atoms with van der Waals surface area (Å²) in [5.41, 5.74) is 0.791. The van der Waals surface area contributed by atoms with Crippen molar-refractivity contribution in [1.82, 2.24) is 9.78 Å². The van der Waals surface area contributed by atoms with Gasteiger partial charge in [0.25, 0.3) is 5.91 Å². The van der Waals surface area contributed by atoms with Crippen molar-refractivity contribution in [2.24, 2.45) is 4.99 Å². The number of thioether (sulfide) groups is 2. The number of aromatic nitrogens is 2. The standard InChI is InChI=1S/C21H15ClF3N3OS2/c1-2-30-20-27-19(29)18(31-20)8-12-3-6-17-14(7-12)10-26-28(17)11-13-4-5-15(22)9-16(13)21(23,24)25/h3-10H,2,11H2,1H3/b18-8-. The van der Waals surface area contributed by atoms with Gasteiger partial charge in [0.15, 0.2) is 0 Å². The molecule has 1 amide bonds. The van der Waals surface area contributed by atoms with E-state index in [0.29, 0.717) is 10.4 Å². The van der Waals surface area contributed by atoms with E-state index in [1.54, 1.807) is 24.4 Å². The van der Waals surface area contributed by atoms with Crippen molar-refractivity contribution in [3.63, 3.8) is 0 Å². The first kappa shape index (κ1) is 22.0. The highest BCUT2D eigenvalue weighted by atomic mass is 35.5. The van der Waals surface area contributed by atoms with Crippen LogP contribution in [0, 0.1) is 0 Å². The topological polar surface area (TPSA) is 47.2 Å². The van der Waals surface area contributed by atoms with Gasteiger partial charge in [-0.25, -0.2) is 0 Å². The maximum Gasteiger partial charge on any atom is 0.416 e. The zero-order chi connectivity index (χ0) is 22.2. The first-order valence-corrected chi connectivity index (χ1v) is 11.4. The van der Waals surface area contributed by atoms with E-state index in [-0.39, 0.29) is 23.0 Å². The lowest BCUT2D eigenvalue weighted by Crippen LogP contribution is -2.12. The van der Waals surface area contributed by atoms with E-state index >= 15 is 0 Å². The SMILES string of the molecule is CCSC1=NC(=O)/C(=C/c2ccc3c(cnn3Cc3ccc(Cl)cc3C(F)(F)F)c2)S1. The minimum atomic E-state index is -4.51. The molecule has 2 heterocycles. The molecule has 4 nitrogen and oxygen atoms in total. The van der Waals surface area contributed by atoms with Gasteiger partial charge >= 0.3 is 6.18 Å². The number of carbonyl (C=O) groups excluding carboxylic acids is 1. The fraction of sp³-hybridized carbons (Fsp3) is 0.190. The van der Waals surface area contributed by atoms with E-state index < -0.39 is 11.7 Å². The van der Waals surface area contributed by atoms with Gasteiger partial charge in [0.1, 0.15) is 4.38 Å². The number of rotatable bonds is 4. The zero-order valence-electron chi connectivity index (χ0n) is 16.1. The Hall–Kier alpha value is -2.23. The zero-order valence-corrected chi connectivity index (χ0v) is 18.5. The lowest BCUT2D eigenvalue weighted by atomic mass is 10.1. The van der Waals surface area contributed by atoms with Crippen molar-refractivity contribution in [3.05, 3.63) is 69.2 Å². The molecule has 1 aliphatic heterocycles. The molecule has 0 bridgehead atoms. The van der Waals surface area contributed by atoms with E-state index in [1.807, 2.05) is 13.0 Å². The van der Waals surface area contributed by atoms with Gasteiger partial charge in [0.05, 0.1) is 28.7 Å². The first-order valence-electron chi connectivity index (χ1n) is 9.21. The number of carbonyl (C=O) groups is 1. The Balaban J connectivity index is 1.61. The van der Waals surface area contributed by atoms with Gasteiger partial charge in [-0.2, -0.15) is 23.3 Å². The molecule has 1 aliphatic rings. The Morgan fingerprint density at radius 3 is 2.77 bits per heavy atom. The van der Waals surface area contributed by atoms with Gasteiger partial charge < -0.3 is 0 Å². The van der Waals surface area contributed by atoms with Crippen LogP contribution < -0.4 is 0 Å². The predicted octanol–water partition coefficient (Wildman–Crippen LogP) is 6.48. The van der Waals surface area contributed by atoms with Crippen molar-refractivity contribution < 1.29 is 18.0 Å². The van der Waals surface area contributed by atoms with E-state index in [2.05, 4.69) is 10.1 Å². The lowest BCUT2D eigenvalue weighted by molar-refractivity contribution is -0.138. The molecule has 1 aromatic heterocycles. The molecule has 0 spiro atoms. The lowest BCUT2D eigenvalue weighted by Gasteiger charge is -2.14. The Morgan fingerprint density at radius 2 is 2.03 bits per heavy atom. The predicted molar refractivity (Wildman–Crippen MR) is 121 cm³/mol. The van der Waals surface area contributed by atoms with Crippen molar-refractivity contribution in [2.45, 2.75) is 19.6 Å². The second-order valence-corrected chi connectivity index (χ2v) is 9.62. The van der Waals surface area contributed by atoms with Gasteiger partial charge in [-0.3, -0.25) is 9.48 Å². The quantitative estimate of drug-likeness (QED) is 0.400. The van der Waals surface area contributed by atoms with Crippen LogP contribution in [0.3, 0.4) is 0 Å². The van der Waals surface area contributed by atoms with Crippen LogP contribution in [0.1, 0.15) is 23.6 Å². The summed E-state index contributed by atoms with van der Waals surface area (Å²) >= 11 is 8.62. The summed E-state index contributed by atoms with van der Waals surface area (Å²) in [6, 6.07) is 9.16. The number of benzene rings is 2. The number of halogens is 4. The van der Waals surface area contributed by atoms with Gasteiger partial charge in [0.2, 0.25) is 0 Å². The first-order chi connectivity index (χ1) is 14.7. The third-order valence-corrected chi connectivity index (χ3v) is 6.77. The molecule has 0 N–H and O–H groups in total. The minimum Gasteiger partial charge on any atom is -0.266 e. The fourth-order valence-corrected chi connectivity index (χ4v) is 5.23. The summed E-state index contributed by atoms with van der Waals surface area (Å²) in [6.45, 7) is 1.95. The van der Waals surface area contributed by atoms with E-state index in [4.69, 9.17) is 11.6 Å². The molecule has 0 radical (unpaired) electrons. The Morgan fingerprint density at radius 1 is 1.23 bits per heavy atom. The molecule has 0 atom stereocenters. The fourth-order valence-electron chi connectivity index (χ4n) is 3.16. The smallest absolute Gasteiger partial charge is 0.266 e. The van der Waals surface area contributed by atoms with Crippen LogP contribution in [0.15, 0.2) is 52.5 Å². The normalized spacial score (nSPS) is 15.8. The number of nitrogens with zero attached hydrogens (tertiary/aromatic N) is 3. The molecular formula is C21H15ClF3N3OS2. The number of amides is 1. The van der Waals surface area contributed by atoms with Crippen LogP contribution in [0.5, 0.6) is 0 Å². The average molecular weight is 482 g/mol. The molecule has 0 aliphatic carbocycles. The third kappa shape index (κ3) is 4.83. The summed E-state index contributed by atoms with van der Waals surface area (Å²) in [7, 11) is 0. The van der Waals surface area contributed by atoms with Crippen molar-refractivity contribution >= 4 is 62.4 Å². The molecule has 0 saturated carbocycles.